The number of hydrogen-bond donors (Lipinski definition) is 2. The molecule has 0 spiro atoms. The molecule has 1 saturated heterocycles. The second-order valence-corrected chi connectivity index (χ2v) is 11.4. The van der Waals surface area contributed by atoms with E-state index in [1.54, 1.807) is 16.7 Å². The van der Waals surface area contributed by atoms with Crippen molar-refractivity contribution in [2.45, 2.75) is 24.9 Å². The number of benzene rings is 2. The number of amides is 1. The van der Waals surface area contributed by atoms with Crippen molar-refractivity contribution in [1.82, 2.24) is 19.4 Å². The second kappa shape index (κ2) is 10.6. The molecule has 14 heteroatoms. The van der Waals surface area contributed by atoms with Crippen LogP contribution >= 0.6 is 0 Å². The first kappa shape index (κ1) is 28.8. The lowest BCUT2D eigenvalue weighted by molar-refractivity contribution is -0.126. The molecular formula is C28H27F2N7O4S. The second-order valence-electron chi connectivity index (χ2n) is 9.96. The van der Waals surface area contributed by atoms with Gasteiger partial charge in [-0.25, -0.2) is 32.1 Å². The van der Waals surface area contributed by atoms with Gasteiger partial charge in [-0.3, -0.25) is 9.36 Å². The maximum absolute atomic E-state index is 15.9. The van der Waals surface area contributed by atoms with Gasteiger partial charge in [-0.1, -0.05) is 12.6 Å². The van der Waals surface area contributed by atoms with E-state index in [1.807, 2.05) is 6.92 Å². The molecule has 0 bridgehead atoms. The van der Waals surface area contributed by atoms with E-state index in [1.165, 1.54) is 36.5 Å². The molecule has 0 radical (unpaired) electrons. The topological polar surface area (TPSA) is 158 Å². The number of anilines is 2. The highest BCUT2D eigenvalue weighted by Crippen LogP contribution is 2.37. The molecule has 42 heavy (non-hydrogen) atoms. The summed E-state index contributed by atoms with van der Waals surface area (Å²) in [5, 5.41) is 4.99. The van der Waals surface area contributed by atoms with Gasteiger partial charge in [0, 0.05) is 54.1 Å². The Morgan fingerprint density at radius 1 is 1.17 bits per heavy atom. The van der Waals surface area contributed by atoms with E-state index in [-0.39, 0.29) is 70.8 Å². The number of pyridine rings is 1. The maximum Gasteiger partial charge on any atom is 0.354 e. The lowest BCUT2D eigenvalue weighted by Gasteiger charge is -2.40. The normalized spacial score (nSPS) is 15.7. The molecule has 11 nitrogen and oxygen atoms in total. The predicted octanol–water partition coefficient (Wildman–Crippen LogP) is 2.49. The van der Waals surface area contributed by atoms with Gasteiger partial charge in [0.2, 0.25) is 5.91 Å². The van der Waals surface area contributed by atoms with Gasteiger partial charge in [-0.15, -0.1) is 0 Å². The Morgan fingerprint density at radius 3 is 2.55 bits per heavy atom. The van der Waals surface area contributed by atoms with Gasteiger partial charge < -0.3 is 15.5 Å². The van der Waals surface area contributed by atoms with Crippen molar-refractivity contribution in [2.75, 3.05) is 30.3 Å². The van der Waals surface area contributed by atoms with Gasteiger partial charge in [-0.05, 0) is 55.8 Å². The summed E-state index contributed by atoms with van der Waals surface area (Å²) in [5.41, 5.74) is 4.74. The lowest BCUT2D eigenvalue weighted by atomic mass is 10.00. The van der Waals surface area contributed by atoms with Crippen LogP contribution in [0.2, 0.25) is 0 Å². The minimum absolute atomic E-state index is 0.0156. The van der Waals surface area contributed by atoms with E-state index < -0.39 is 32.4 Å². The molecule has 2 aromatic carbocycles. The Bertz CT molecular complexity index is 1930. The van der Waals surface area contributed by atoms with Crippen LogP contribution in [-0.2, 0) is 14.8 Å². The van der Waals surface area contributed by atoms with Crippen molar-refractivity contribution in [3.63, 3.8) is 0 Å². The average molecular weight is 596 g/mol. The van der Waals surface area contributed by atoms with Crippen LogP contribution in [0.15, 0.2) is 65.1 Å². The van der Waals surface area contributed by atoms with Crippen molar-refractivity contribution in [1.29, 1.82) is 0 Å². The number of aryl methyl sites for hydroxylation is 1. The van der Waals surface area contributed by atoms with Crippen LogP contribution in [0.3, 0.4) is 0 Å². The zero-order valence-corrected chi connectivity index (χ0v) is 23.5. The number of sulfonamides is 1. The summed E-state index contributed by atoms with van der Waals surface area (Å²) >= 11 is 0. The Labute approximate surface area is 239 Å². The van der Waals surface area contributed by atoms with Crippen LogP contribution < -0.4 is 21.5 Å². The molecule has 0 aliphatic carbocycles. The van der Waals surface area contributed by atoms with Crippen molar-refractivity contribution in [3.05, 3.63) is 82.9 Å². The fourth-order valence-corrected chi connectivity index (χ4v) is 6.02. The SMILES string of the molecule is C=CC(=O)N1CCN(c2nc(=O)n(-c3c(C)ccnc3S(N)(=O)=O)c3cc(-c4c(N)cccc4F)c(F)cc23)[C@@H](C)C1. The van der Waals surface area contributed by atoms with Gasteiger partial charge in [0.05, 0.1) is 11.2 Å². The number of rotatable bonds is 5. The van der Waals surface area contributed by atoms with E-state index >= 15 is 4.39 Å². The lowest BCUT2D eigenvalue weighted by Crippen LogP contribution is -2.54. The first-order valence-electron chi connectivity index (χ1n) is 12.8. The smallest absolute Gasteiger partial charge is 0.354 e. The number of carbonyl (C=O) groups is 1. The van der Waals surface area contributed by atoms with Crippen LogP contribution in [0.25, 0.3) is 27.7 Å². The van der Waals surface area contributed by atoms with Crippen LogP contribution in [0.5, 0.6) is 0 Å². The molecule has 1 aliphatic rings. The van der Waals surface area contributed by atoms with E-state index in [2.05, 4.69) is 16.5 Å². The molecule has 1 atom stereocenters. The zero-order valence-electron chi connectivity index (χ0n) is 22.7. The molecule has 2 aromatic heterocycles. The van der Waals surface area contributed by atoms with Crippen molar-refractivity contribution >= 4 is 38.3 Å². The fraction of sp³-hybridized carbons (Fsp3) is 0.214. The number of nitrogen functional groups attached to an aromatic ring is 1. The van der Waals surface area contributed by atoms with Crippen LogP contribution in [0.1, 0.15) is 12.5 Å². The first-order chi connectivity index (χ1) is 19.8. The van der Waals surface area contributed by atoms with Gasteiger partial charge in [0.15, 0.2) is 5.03 Å². The van der Waals surface area contributed by atoms with Crippen molar-refractivity contribution in [2.24, 2.45) is 5.14 Å². The molecule has 3 heterocycles. The van der Waals surface area contributed by atoms with E-state index in [9.17, 15) is 22.4 Å². The molecule has 218 valence electrons. The van der Waals surface area contributed by atoms with Crippen LogP contribution in [0.4, 0.5) is 20.3 Å². The molecular weight excluding hydrogens is 568 g/mol. The fourth-order valence-electron chi connectivity index (χ4n) is 5.29. The van der Waals surface area contributed by atoms with E-state index in [0.29, 0.717) is 5.56 Å². The Hall–Kier alpha value is -4.69. The predicted molar refractivity (Wildman–Crippen MR) is 155 cm³/mol. The van der Waals surface area contributed by atoms with Gasteiger partial charge in [0.25, 0.3) is 10.0 Å². The summed E-state index contributed by atoms with van der Waals surface area (Å²) in [7, 11) is -4.44. The number of nitrogens with zero attached hydrogens (tertiary/aromatic N) is 5. The largest absolute Gasteiger partial charge is 0.398 e. The zero-order chi connectivity index (χ0) is 30.5. The summed E-state index contributed by atoms with van der Waals surface area (Å²) in [4.78, 5) is 37.5. The Balaban J connectivity index is 1.86. The summed E-state index contributed by atoms with van der Waals surface area (Å²) in [6.45, 7) is 7.70. The molecule has 1 aliphatic heterocycles. The molecule has 5 rings (SSSR count). The number of fused-ring (bicyclic) bond motifs is 1. The van der Waals surface area contributed by atoms with Gasteiger partial charge in [-0.2, -0.15) is 4.98 Å². The molecule has 1 amide bonds. The number of piperazine rings is 1. The average Bonchev–Trinajstić information content (AvgIpc) is 2.92. The summed E-state index contributed by atoms with van der Waals surface area (Å²) in [6, 6.07) is 7.37. The number of carbonyl (C=O) groups excluding carboxylic acids is 1. The number of aromatic nitrogens is 3. The number of halogens is 2. The van der Waals surface area contributed by atoms with Gasteiger partial charge in [0.1, 0.15) is 17.5 Å². The number of primary sulfonamides is 1. The maximum atomic E-state index is 15.9. The number of hydrogen-bond acceptors (Lipinski definition) is 8. The summed E-state index contributed by atoms with van der Waals surface area (Å²) in [5.74, 6) is -1.79. The third-order valence-corrected chi connectivity index (χ3v) is 8.08. The molecule has 0 saturated carbocycles. The van der Waals surface area contributed by atoms with Gasteiger partial charge >= 0.3 is 5.69 Å². The van der Waals surface area contributed by atoms with E-state index in [4.69, 9.17) is 10.9 Å². The first-order valence-corrected chi connectivity index (χ1v) is 14.4. The van der Waals surface area contributed by atoms with E-state index in [0.717, 1.165) is 16.7 Å². The quantitative estimate of drug-likeness (QED) is 0.263. The minimum Gasteiger partial charge on any atom is -0.398 e. The van der Waals surface area contributed by atoms with Crippen LogP contribution in [-0.4, -0.2) is 59.4 Å². The van der Waals surface area contributed by atoms with Crippen molar-refractivity contribution < 1.29 is 22.0 Å². The highest BCUT2D eigenvalue weighted by molar-refractivity contribution is 7.89. The monoisotopic (exact) mass is 595 g/mol. The molecule has 0 unspecified atom stereocenters. The Kier molecular flexibility index (Phi) is 7.28. The molecule has 1 fully saturated rings. The van der Waals surface area contributed by atoms with Crippen molar-refractivity contribution in [3.8, 4) is 16.8 Å². The Morgan fingerprint density at radius 2 is 1.90 bits per heavy atom. The third kappa shape index (κ3) is 4.88. The highest BCUT2D eigenvalue weighted by Gasteiger charge is 2.31. The summed E-state index contributed by atoms with van der Waals surface area (Å²) < 4.78 is 56.9. The third-order valence-electron chi connectivity index (χ3n) is 7.25. The minimum atomic E-state index is -4.44. The molecule has 4 N–H and O–H groups in total. The standard InChI is InChI=1S/C28H27F2N7O4S/c1-4-23(38)35-10-11-36(16(3)14-35)26-18-12-20(30)17(24-19(29)6-5-7-21(24)31)13-22(18)37(28(39)34-26)25-15(2)8-9-33-27(25)42(32,40)41/h4-9,12-13,16H,1,10-11,14,31H2,2-3H3,(H2,32,40,41)/t16-/m0/s1. The van der Waals surface area contributed by atoms with Crippen LogP contribution in [0, 0.1) is 18.6 Å². The number of nitrogens with two attached hydrogens (primary N) is 2. The summed E-state index contributed by atoms with van der Waals surface area (Å²) in [6.07, 6.45) is 2.44. The molecule has 4 aromatic rings. The highest BCUT2D eigenvalue weighted by atomic mass is 32.2.